The molecule has 0 saturated heterocycles. The molecule has 1 aliphatic carbocycles. The summed E-state index contributed by atoms with van der Waals surface area (Å²) in [5.74, 6) is -0.655. The average Bonchev–Trinajstić information content (AvgIpc) is 2.83. The summed E-state index contributed by atoms with van der Waals surface area (Å²) < 4.78 is 27.5. The predicted molar refractivity (Wildman–Crippen MR) is 147 cm³/mol. The Morgan fingerprint density at radius 1 is 1.03 bits per heavy atom. The third-order valence-corrected chi connectivity index (χ3v) is 8.51. The van der Waals surface area contributed by atoms with Crippen LogP contribution in [0.25, 0.3) is 0 Å². The Balaban J connectivity index is 1.87. The Labute approximate surface area is 223 Å². The fourth-order valence-electron chi connectivity index (χ4n) is 4.43. The first-order valence-corrected chi connectivity index (χ1v) is 15.0. The summed E-state index contributed by atoms with van der Waals surface area (Å²) in [6.07, 6.45) is 6.31. The van der Waals surface area contributed by atoms with Gasteiger partial charge in [0, 0.05) is 17.1 Å². The molecule has 1 aliphatic rings. The highest BCUT2D eigenvalue weighted by Crippen LogP contribution is 2.23. The minimum Gasteiger partial charge on any atom is -0.352 e. The van der Waals surface area contributed by atoms with E-state index in [9.17, 15) is 18.0 Å². The van der Waals surface area contributed by atoms with Gasteiger partial charge in [0.2, 0.25) is 21.8 Å². The van der Waals surface area contributed by atoms with Gasteiger partial charge in [-0.25, -0.2) is 8.42 Å². The largest absolute Gasteiger partial charge is 0.352 e. The zero-order valence-electron chi connectivity index (χ0n) is 21.5. The van der Waals surface area contributed by atoms with E-state index < -0.39 is 22.0 Å². The molecule has 1 fully saturated rings. The van der Waals surface area contributed by atoms with E-state index in [1.165, 1.54) is 11.3 Å². The van der Waals surface area contributed by atoms with Gasteiger partial charge in [-0.05, 0) is 74.6 Å². The highest BCUT2D eigenvalue weighted by atomic mass is 79.9. The Morgan fingerprint density at radius 2 is 1.67 bits per heavy atom. The minimum absolute atomic E-state index is 0.112. The van der Waals surface area contributed by atoms with E-state index in [0.29, 0.717) is 5.69 Å². The topological polar surface area (TPSA) is 86.8 Å². The molecule has 1 unspecified atom stereocenters. The molecular formula is C27H36BrN3O4S. The van der Waals surface area contributed by atoms with Crippen LogP contribution in [0.5, 0.6) is 0 Å². The van der Waals surface area contributed by atoms with Crippen LogP contribution in [-0.4, -0.2) is 50.0 Å². The number of nitrogens with zero attached hydrogens (tertiary/aromatic N) is 2. The number of sulfonamides is 1. The number of carbonyl (C=O) groups excluding carboxylic acids is 2. The molecule has 0 radical (unpaired) electrons. The summed E-state index contributed by atoms with van der Waals surface area (Å²) >= 11 is 3.42. The molecule has 7 nitrogen and oxygen atoms in total. The average molecular weight is 579 g/mol. The van der Waals surface area contributed by atoms with Gasteiger partial charge < -0.3 is 10.2 Å². The number of hydrogen-bond acceptors (Lipinski definition) is 4. The van der Waals surface area contributed by atoms with Crippen LogP contribution in [0, 0.1) is 13.8 Å². The quantitative estimate of drug-likeness (QED) is 0.468. The standard InChI is InChI=1S/C27H36BrN3O4S/c1-19-10-15-25(16-20(19)2)31(36(4,34)35)18-26(32)30(17-22-11-13-23(28)14-12-22)21(3)27(33)29-24-8-6-5-7-9-24/h10-16,21,24H,5-9,17-18H2,1-4H3,(H,29,33). The van der Waals surface area contributed by atoms with E-state index in [1.54, 1.807) is 19.1 Å². The number of benzene rings is 2. The second-order valence-corrected chi connectivity index (χ2v) is 12.5. The second-order valence-electron chi connectivity index (χ2n) is 9.71. The lowest BCUT2D eigenvalue weighted by atomic mass is 9.95. The number of rotatable bonds is 9. The normalized spacial score (nSPS) is 15.2. The van der Waals surface area contributed by atoms with Crippen LogP contribution in [0.4, 0.5) is 5.69 Å². The number of hydrogen-bond donors (Lipinski definition) is 1. The van der Waals surface area contributed by atoms with E-state index in [2.05, 4.69) is 21.2 Å². The number of nitrogens with one attached hydrogen (secondary N) is 1. The maximum atomic E-state index is 13.7. The number of carbonyl (C=O) groups is 2. The zero-order valence-corrected chi connectivity index (χ0v) is 23.9. The third-order valence-electron chi connectivity index (χ3n) is 6.84. The molecule has 1 N–H and O–H groups in total. The van der Waals surface area contributed by atoms with Gasteiger partial charge in [0.05, 0.1) is 11.9 Å². The molecule has 1 saturated carbocycles. The summed E-state index contributed by atoms with van der Waals surface area (Å²) in [5, 5.41) is 3.11. The Hall–Kier alpha value is -2.39. The van der Waals surface area contributed by atoms with Crippen LogP contribution in [-0.2, 0) is 26.2 Å². The Morgan fingerprint density at radius 3 is 2.25 bits per heavy atom. The zero-order chi connectivity index (χ0) is 26.5. The van der Waals surface area contributed by atoms with Gasteiger partial charge in [0.1, 0.15) is 12.6 Å². The van der Waals surface area contributed by atoms with E-state index in [4.69, 9.17) is 0 Å². The second kappa shape index (κ2) is 12.2. The lowest BCUT2D eigenvalue weighted by molar-refractivity contribution is -0.139. The molecule has 2 amide bonds. The van der Waals surface area contributed by atoms with Gasteiger partial charge in [-0.15, -0.1) is 0 Å². The molecule has 3 rings (SSSR count). The fourth-order valence-corrected chi connectivity index (χ4v) is 5.54. The molecule has 0 heterocycles. The van der Waals surface area contributed by atoms with Gasteiger partial charge in [-0.2, -0.15) is 0 Å². The van der Waals surface area contributed by atoms with Crippen LogP contribution in [0.3, 0.4) is 0 Å². The molecular weight excluding hydrogens is 542 g/mol. The van der Waals surface area contributed by atoms with Gasteiger partial charge in [0.25, 0.3) is 0 Å². The predicted octanol–water partition coefficient (Wildman–Crippen LogP) is 4.70. The van der Waals surface area contributed by atoms with Crippen LogP contribution >= 0.6 is 15.9 Å². The summed E-state index contributed by atoms with van der Waals surface area (Å²) in [4.78, 5) is 28.3. The molecule has 1 atom stereocenters. The lowest BCUT2D eigenvalue weighted by Crippen LogP contribution is -2.52. The van der Waals surface area contributed by atoms with Crippen molar-refractivity contribution < 1.29 is 18.0 Å². The van der Waals surface area contributed by atoms with E-state index in [-0.39, 0.29) is 25.0 Å². The van der Waals surface area contributed by atoms with Gasteiger partial charge in [-0.1, -0.05) is 53.4 Å². The van der Waals surface area contributed by atoms with Crippen molar-refractivity contribution in [3.05, 3.63) is 63.6 Å². The fraction of sp³-hybridized carbons (Fsp3) is 0.481. The van der Waals surface area contributed by atoms with E-state index >= 15 is 0 Å². The molecule has 196 valence electrons. The van der Waals surface area contributed by atoms with Gasteiger partial charge in [-0.3, -0.25) is 13.9 Å². The van der Waals surface area contributed by atoms with Gasteiger partial charge in [0.15, 0.2) is 0 Å². The summed E-state index contributed by atoms with van der Waals surface area (Å²) in [6.45, 7) is 5.35. The van der Waals surface area contributed by atoms with Crippen molar-refractivity contribution in [1.82, 2.24) is 10.2 Å². The third kappa shape index (κ3) is 7.56. The first kappa shape index (κ1) is 28.2. The minimum atomic E-state index is -3.74. The first-order chi connectivity index (χ1) is 17.0. The van der Waals surface area contributed by atoms with Crippen molar-refractivity contribution in [1.29, 1.82) is 0 Å². The van der Waals surface area contributed by atoms with Gasteiger partial charge >= 0.3 is 0 Å². The van der Waals surface area contributed by atoms with Crippen molar-refractivity contribution in [2.75, 3.05) is 17.1 Å². The van der Waals surface area contributed by atoms with Crippen molar-refractivity contribution >= 4 is 43.5 Å². The molecule has 0 spiro atoms. The van der Waals surface area contributed by atoms with Crippen molar-refractivity contribution in [3.8, 4) is 0 Å². The van der Waals surface area contributed by atoms with Crippen LogP contribution in [0.1, 0.15) is 55.7 Å². The maximum Gasteiger partial charge on any atom is 0.244 e. The van der Waals surface area contributed by atoms with Crippen molar-refractivity contribution in [3.63, 3.8) is 0 Å². The maximum absolute atomic E-state index is 13.7. The van der Waals surface area contributed by atoms with Crippen molar-refractivity contribution in [2.45, 2.75) is 71.5 Å². The molecule has 9 heteroatoms. The van der Waals surface area contributed by atoms with Crippen molar-refractivity contribution in [2.24, 2.45) is 0 Å². The van der Waals surface area contributed by atoms with Crippen LogP contribution in [0.2, 0.25) is 0 Å². The van der Waals surface area contributed by atoms with E-state index in [0.717, 1.165) is 57.4 Å². The lowest BCUT2D eigenvalue weighted by Gasteiger charge is -2.33. The molecule has 0 aromatic heterocycles. The molecule has 36 heavy (non-hydrogen) atoms. The van der Waals surface area contributed by atoms with E-state index in [1.807, 2.05) is 44.2 Å². The molecule has 2 aromatic carbocycles. The summed E-state index contributed by atoms with van der Waals surface area (Å²) in [7, 11) is -3.74. The number of anilines is 1. The Bertz CT molecular complexity index is 1180. The number of aryl methyl sites for hydroxylation is 2. The first-order valence-electron chi connectivity index (χ1n) is 12.3. The smallest absolute Gasteiger partial charge is 0.244 e. The Kier molecular flexibility index (Phi) is 9.58. The summed E-state index contributed by atoms with van der Waals surface area (Å²) in [6, 6.07) is 12.2. The SMILES string of the molecule is Cc1ccc(N(CC(=O)N(Cc2ccc(Br)cc2)C(C)C(=O)NC2CCCCC2)S(C)(=O)=O)cc1C. The molecule has 0 bridgehead atoms. The van der Waals surface area contributed by atoms with Crippen LogP contribution < -0.4 is 9.62 Å². The highest BCUT2D eigenvalue weighted by molar-refractivity contribution is 9.10. The molecule has 0 aliphatic heterocycles. The van der Waals surface area contributed by atoms with Crippen LogP contribution in [0.15, 0.2) is 46.9 Å². The number of halogens is 1. The molecule has 2 aromatic rings. The summed E-state index contributed by atoms with van der Waals surface area (Å²) in [5.41, 5.74) is 3.24. The number of amides is 2. The monoisotopic (exact) mass is 577 g/mol. The highest BCUT2D eigenvalue weighted by Gasteiger charge is 2.31.